The number of primary amides is 6. The number of aliphatic hydroxyl groups is 2. The summed E-state index contributed by atoms with van der Waals surface area (Å²) in [5.74, 6) is -6.27. The smallest absolute Gasteiger partial charge is 0.394 e. The zero-order valence-electron chi connectivity index (χ0n) is 53.6. The first kappa shape index (κ1) is 69.6. The largest absolute Gasteiger partial charge is 0.472 e. The Labute approximate surface area is 525 Å². The fraction of sp³-hybridized carbons (Fsp3) is 0.677. The minimum absolute atomic E-state index is 0.0137. The number of hydrogen-bond donors (Lipinski definition) is 14. The molecule has 8 bridgehead atoms. The number of aliphatic hydroxyl groups excluding tert-OH is 2. The SMILES string of the molecule is C/C1=C2/N/C(=C\C3NC(/C(C)=C4\N[C@@](C)([C@@H]5NC1[C@](C)(CCC(=O)NC[C@@H](C)OP(=O)(O)O[C@H]1[C@@H](O)[C@@H](n6cnc7cc(C)c(C)cc76)O[C@@H]1CO)[C@H]5CC(N)=O)[C@@](C)(CC(N)=O)[C@@H]4CCC(N)=O)[C@@](C)(CC(N)=O)[C@@H]3CCC(N)=O)C(C)(C)[C@@H]2CCC(N)=O. The van der Waals surface area contributed by atoms with Crippen LogP contribution in [-0.4, -0.2) is 133 Å². The molecule has 1 aromatic heterocycles. The molecule has 5 saturated heterocycles. The second-order valence-electron chi connectivity index (χ2n) is 27.9. The maximum atomic E-state index is 14.4. The average Bonchev–Trinajstić information content (AvgIpc) is 1.53. The van der Waals surface area contributed by atoms with E-state index in [2.05, 4.69) is 51.5 Å². The molecule has 4 unspecified atom stereocenters. The maximum Gasteiger partial charge on any atom is 0.472 e. The Bertz CT molecular complexity index is 3330. The van der Waals surface area contributed by atoms with Gasteiger partial charge in [0.1, 0.15) is 18.3 Å². The van der Waals surface area contributed by atoms with Gasteiger partial charge in [-0.3, -0.25) is 42.6 Å². The molecule has 7 amide bonds. The van der Waals surface area contributed by atoms with E-state index < -0.39 is 161 Å². The summed E-state index contributed by atoms with van der Waals surface area (Å²) in [7, 11) is -5.05. The monoisotopic (exact) mass is 1280 g/mol. The Hall–Kier alpha value is -6.29. The molecule has 20 N–H and O–H groups in total. The van der Waals surface area contributed by atoms with Crippen LogP contribution in [0.4, 0.5) is 0 Å². The fourth-order valence-corrected chi connectivity index (χ4v) is 17.8. The van der Waals surface area contributed by atoms with Gasteiger partial charge in [0.2, 0.25) is 41.4 Å². The third-order valence-electron chi connectivity index (χ3n) is 21.7. The van der Waals surface area contributed by atoms with Crippen molar-refractivity contribution in [3.05, 3.63) is 63.9 Å². The Morgan fingerprint density at radius 1 is 0.767 bits per heavy atom. The molecule has 1 aromatic carbocycles. The molecule has 0 spiro atoms. The van der Waals surface area contributed by atoms with Gasteiger partial charge in [0.05, 0.1) is 35.6 Å². The molecular formula is C62H96N13O14P. The van der Waals surface area contributed by atoms with Gasteiger partial charge in [-0.2, -0.15) is 0 Å². The summed E-state index contributed by atoms with van der Waals surface area (Å²) in [6.45, 7) is 20.1. The van der Waals surface area contributed by atoms with E-state index in [1.807, 2.05) is 67.5 Å². The van der Waals surface area contributed by atoms with Crippen molar-refractivity contribution in [3.63, 3.8) is 0 Å². The summed E-state index contributed by atoms with van der Waals surface area (Å²) in [6, 6.07) is 1.09. The number of amides is 7. The van der Waals surface area contributed by atoms with E-state index in [1.54, 1.807) is 4.57 Å². The van der Waals surface area contributed by atoms with Gasteiger partial charge < -0.3 is 85.4 Å². The molecule has 0 aliphatic carbocycles. The number of carbonyl (C=O) groups excluding carboxylic acids is 7. The Morgan fingerprint density at radius 2 is 1.36 bits per heavy atom. The van der Waals surface area contributed by atoms with Crippen molar-refractivity contribution in [2.45, 2.75) is 207 Å². The second-order valence-corrected chi connectivity index (χ2v) is 29.3. The predicted octanol–water partition coefficient (Wildman–Crippen LogP) is 1.71. The van der Waals surface area contributed by atoms with E-state index >= 15 is 0 Å². The summed E-state index contributed by atoms with van der Waals surface area (Å²) in [5.41, 5.74) is 38.0. The highest BCUT2D eigenvalue weighted by molar-refractivity contribution is 7.47. The van der Waals surface area contributed by atoms with Gasteiger partial charge in [-0.1, -0.05) is 34.6 Å². The van der Waals surface area contributed by atoms with E-state index in [0.29, 0.717) is 23.2 Å². The molecule has 90 heavy (non-hydrogen) atoms. The number of benzene rings is 1. The maximum absolute atomic E-state index is 14.4. The number of nitrogens with two attached hydrogens (primary N) is 6. The zero-order valence-corrected chi connectivity index (χ0v) is 54.5. The number of ether oxygens (including phenoxy) is 1. The first-order valence-electron chi connectivity index (χ1n) is 31.1. The highest BCUT2D eigenvalue weighted by Crippen LogP contribution is 2.62. The van der Waals surface area contributed by atoms with E-state index in [9.17, 15) is 53.2 Å². The summed E-state index contributed by atoms with van der Waals surface area (Å²) >= 11 is 0. The van der Waals surface area contributed by atoms with Gasteiger partial charge in [-0.15, -0.1) is 0 Å². The number of aryl methyl sites for hydroxylation is 2. The summed E-state index contributed by atoms with van der Waals surface area (Å²) in [6.07, 6.45) is -3.15. The zero-order chi connectivity index (χ0) is 66.7. The van der Waals surface area contributed by atoms with Crippen molar-refractivity contribution in [1.29, 1.82) is 0 Å². The predicted molar refractivity (Wildman–Crippen MR) is 332 cm³/mol. The van der Waals surface area contributed by atoms with E-state index in [0.717, 1.165) is 33.7 Å². The molecule has 7 heterocycles. The van der Waals surface area contributed by atoms with Gasteiger partial charge in [0.15, 0.2) is 6.23 Å². The van der Waals surface area contributed by atoms with Crippen molar-refractivity contribution in [1.82, 2.24) is 36.1 Å². The number of phosphoric ester groups is 1. The van der Waals surface area contributed by atoms with E-state index in [4.69, 9.17) is 48.2 Å². The van der Waals surface area contributed by atoms with Gasteiger partial charge in [0, 0.05) is 121 Å². The van der Waals surface area contributed by atoms with Gasteiger partial charge in [-0.25, -0.2) is 9.55 Å². The lowest BCUT2D eigenvalue weighted by molar-refractivity contribution is -0.124. The number of aromatic nitrogens is 2. The molecule has 28 heteroatoms. The third-order valence-corrected chi connectivity index (χ3v) is 22.8. The summed E-state index contributed by atoms with van der Waals surface area (Å²) in [5, 5.41) is 40.2. The quantitative estimate of drug-likeness (QED) is 0.0596. The van der Waals surface area contributed by atoms with Gasteiger partial charge in [-0.05, 0) is 125 Å². The number of carbonyl (C=O) groups is 7. The number of fused-ring (bicyclic) bond motifs is 10. The highest BCUT2D eigenvalue weighted by Gasteiger charge is 2.68. The van der Waals surface area contributed by atoms with Crippen LogP contribution >= 0.6 is 7.82 Å². The molecule has 498 valence electrons. The lowest BCUT2D eigenvalue weighted by Gasteiger charge is -2.49. The fourth-order valence-electron chi connectivity index (χ4n) is 16.6. The Morgan fingerprint density at radius 3 is 1.96 bits per heavy atom. The Balaban J connectivity index is 1.17. The van der Waals surface area contributed by atoms with Crippen LogP contribution in [0.3, 0.4) is 0 Å². The lowest BCUT2D eigenvalue weighted by Crippen LogP contribution is -2.64. The summed E-state index contributed by atoms with van der Waals surface area (Å²) in [4.78, 5) is 109. The molecule has 6 aliphatic rings. The molecular weight excluding hydrogens is 1180 g/mol. The minimum Gasteiger partial charge on any atom is -0.394 e. The first-order chi connectivity index (χ1) is 41.8. The van der Waals surface area contributed by atoms with Crippen LogP contribution in [-0.2, 0) is 51.9 Å². The van der Waals surface area contributed by atoms with Crippen LogP contribution in [0.5, 0.6) is 0 Å². The molecule has 0 saturated carbocycles. The first-order valence-corrected chi connectivity index (χ1v) is 32.6. The molecule has 6 aliphatic heterocycles. The van der Waals surface area contributed by atoms with Crippen LogP contribution in [0.15, 0.2) is 52.8 Å². The molecule has 5 fully saturated rings. The van der Waals surface area contributed by atoms with E-state index in [1.165, 1.54) is 13.3 Å². The molecule has 27 nitrogen and oxygen atoms in total. The van der Waals surface area contributed by atoms with Crippen LogP contribution in [0.25, 0.3) is 11.0 Å². The van der Waals surface area contributed by atoms with Crippen molar-refractivity contribution >= 4 is 60.2 Å². The number of imidazole rings is 1. The highest BCUT2D eigenvalue weighted by atomic mass is 31.2. The number of nitrogens with one attached hydrogen (secondary N) is 5. The molecule has 2 aromatic rings. The van der Waals surface area contributed by atoms with Crippen molar-refractivity contribution in [2.24, 2.45) is 79.7 Å². The van der Waals surface area contributed by atoms with E-state index in [-0.39, 0.29) is 70.8 Å². The van der Waals surface area contributed by atoms with Crippen LogP contribution in [0, 0.1) is 59.2 Å². The van der Waals surface area contributed by atoms with Crippen molar-refractivity contribution in [2.75, 3.05) is 13.2 Å². The number of allylic oxidation sites excluding steroid dienone is 3. The van der Waals surface area contributed by atoms with Crippen molar-refractivity contribution < 1.29 is 67.0 Å². The standard InChI is InChI=1S/C62H96N13O14P/c1-29-20-39-40(21-30(29)2)75(28-70-39)57-52(84)53(41(27-76)87-57)89-90(85,86)88-31(3)26-69-49(83)18-19-59(8)37(22-46(66)80)56-62(11)61(10,25-48(68)82)36(14-17-45(65)79)51(74-62)33(5)55-60(9,24-47(67)81)34(12-15-43(63)77)38(71-55)23-42-58(6,7)35(13-16-44(64)78)50(72-42)32(4)54(59)73-56/h20-21,23,28,31,34-38,41,52-57,71-74,76,84H,12-19,22,24-27H2,1-11H3,(H2,63,77)(H2,64,78)(H2,65,79)(H2,66,80)(H2,67,81)(H2,68,82)(H,69,83)(H,85,86)/b42-23-,50-32-,51-33-/t31-,34-,35-,36-,37+,38?,41-,52-,53-,54?,55?,56-,57+,59-,60+,61+,62+/m1/s1. The number of nitrogens with zero attached hydrogens (tertiary/aromatic N) is 2. The normalized spacial score (nSPS) is 36.8. The molecule has 18 atom stereocenters. The molecule has 0 radical (unpaired) electrons. The topological polar surface area (TPSA) is 459 Å². The summed E-state index contributed by atoms with van der Waals surface area (Å²) < 4.78 is 32.3. The van der Waals surface area contributed by atoms with Crippen LogP contribution in [0.2, 0.25) is 0 Å². The second kappa shape index (κ2) is 26.0. The average molecular weight is 1280 g/mol. The Kier molecular flexibility index (Phi) is 20.1. The lowest BCUT2D eigenvalue weighted by atomic mass is 9.56. The number of hydrogen-bond acceptors (Lipinski definition) is 18. The van der Waals surface area contributed by atoms with Crippen molar-refractivity contribution in [3.8, 4) is 0 Å². The number of rotatable bonds is 26. The third kappa shape index (κ3) is 13.2. The minimum atomic E-state index is -5.05. The van der Waals surface area contributed by atoms with Crippen LogP contribution in [0.1, 0.15) is 150 Å². The van der Waals surface area contributed by atoms with Crippen LogP contribution < -0.4 is 61.0 Å². The van der Waals surface area contributed by atoms with Gasteiger partial charge >= 0.3 is 7.82 Å². The van der Waals surface area contributed by atoms with Gasteiger partial charge in [0.25, 0.3) is 0 Å². The molecule has 8 rings (SSSR count). The number of phosphoric acid groups is 1.